The summed E-state index contributed by atoms with van der Waals surface area (Å²) in [4.78, 5) is 20.9. The number of ether oxygens (including phenoxy) is 2. The zero-order valence-electron chi connectivity index (χ0n) is 13.5. The van der Waals surface area contributed by atoms with E-state index in [9.17, 15) is 13.6 Å². The van der Waals surface area contributed by atoms with Gasteiger partial charge in [-0.3, -0.25) is 4.79 Å². The topological polar surface area (TPSA) is 73.3 Å². The van der Waals surface area contributed by atoms with Crippen molar-refractivity contribution in [1.29, 1.82) is 0 Å². The van der Waals surface area contributed by atoms with Crippen molar-refractivity contribution in [3.63, 3.8) is 0 Å². The maximum atomic E-state index is 13.0. The van der Waals surface area contributed by atoms with E-state index in [4.69, 9.17) is 9.47 Å². The third-order valence-corrected chi connectivity index (χ3v) is 4.77. The average Bonchev–Trinajstić information content (AvgIpc) is 3.10. The Hall–Kier alpha value is -1.32. The normalized spacial score (nSPS) is 19.7. The molecule has 9 heteroatoms. The van der Waals surface area contributed by atoms with Crippen molar-refractivity contribution in [3.05, 3.63) is 17.1 Å². The highest BCUT2D eigenvalue weighted by Crippen LogP contribution is 2.41. The lowest BCUT2D eigenvalue weighted by Crippen LogP contribution is -2.43. The third-order valence-electron chi connectivity index (χ3n) is 4.08. The van der Waals surface area contributed by atoms with Gasteiger partial charge in [-0.05, 0) is 26.0 Å². The molecular weight excluding hydrogens is 340 g/mol. The molecule has 0 bridgehead atoms. The maximum Gasteiger partial charge on any atom is 0.261 e. The van der Waals surface area contributed by atoms with E-state index in [1.54, 1.807) is 6.92 Å². The Morgan fingerprint density at radius 1 is 1.38 bits per heavy atom. The standard InChI is InChI=1S/C15H19F2N3O3S/c1-8-18-9(7-10(21)20-15(3-4-15)14(16)17)11(12(19-8)24-2)13-22-5-6-23-13/h13-14H,3-7H2,1-2H3,(H,20,21). The molecule has 0 aromatic carbocycles. The smallest absolute Gasteiger partial charge is 0.261 e. The second-order valence-electron chi connectivity index (χ2n) is 5.90. The van der Waals surface area contributed by atoms with Gasteiger partial charge in [0.2, 0.25) is 5.91 Å². The lowest BCUT2D eigenvalue weighted by Gasteiger charge is -2.19. The van der Waals surface area contributed by atoms with Crippen LogP contribution in [-0.2, 0) is 20.7 Å². The molecule has 2 aliphatic rings. The zero-order chi connectivity index (χ0) is 17.3. The van der Waals surface area contributed by atoms with Crippen molar-refractivity contribution in [2.45, 2.75) is 49.5 Å². The molecule has 1 saturated heterocycles. The number of rotatable bonds is 6. The van der Waals surface area contributed by atoms with Gasteiger partial charge in [0, 0.05) is 0 Å². The average molecular weight is 359 g/mol. The molecule has 24 heavy (non-hydrogen) atoms. The first-order valence-corrected chi connectivity index (χ1v) is 8.91. The van der Waals surface area contributed by atoms with E-state index in [1.165, 1.54) is 11.8 Å². The SMILES string of the molecule is CSc1nc(C)nc(CC(=O)NC2(C(F)F)CC2)c1C1OCCO1. The summed E-state index contributed by atoms with van der Waals surface area (Å²) in [7, 11) is 0. The summed E-state index contributed by atoms with van der Waals surface area (Å²) in [5.41, 5.74) is -0.286. The quantitative estimate of drug-likeness (QED) is 0.619. The summed E-state index contributed by atoms with van der Waals surface area (Å²) in [6, 6.07) is 0. The number of carbonyl (C=O) groups is 1. The van der Waals surface area contributed by atoms with Crippen molar-refractivity contribution < 1.29 is 23.0 Å². The van der Waals surface area contributed by atoms with Crippen molar-refractivity contribution >= 4 is 17.7 Å². The van der Waals surface area contributed by atoms with Gasteiger partial charge >= 0.3 is 0 Å². The molecule has 132 valence electrons. The molecule has 0 atom stereocenters. The Morgan fingerprint density at radius 3 is 2.58 bits per heavy atom. The first kappa shape index (κ1) is 17.5. The van der Waals surface area contributed by atoms with Gasteiger partial charge in [-0.1, -0.05) is 0 Å². The van der Waals surface area contributed by atoms with Crippen LogP contribution in [0.5, 0.6) is 0 Å². The van der Waals surface area contributed by atoms with Crippen molar-refractivity contribution in [3.8, 4) is 0 Å². The fraction of sp³-hybridized carbons (Fsp3) is 0.667. The number of aromatic nitrogens is 2. The first-order chi connectivity index (χ1) is 11.4. The summed E-state index contributed by atoms with van der Waals surface area (Å²) in [5.74, 6) is 0.0380. The molecule has 2 heterocycles. The van der Waals surface area contributed by atoms with E-state index in [-0.39, 0.29) is 6.42 Å². The van der Waals surface area contributed by atoms with Crippen LogP contribution in [0.4, 0.5) is 8.78 Å². The molecule has 1 saturated carbocycles. The third kappa shape index (κ3) is 3.52. The molecule has 1 N–H and O–H groups in total. The van der Waals surface area contributed by atoms with Gasteiger partial charge in [-0.15, -0.1) is 11.8 Å². The summed E-state index contributed by atoms with van der Waals surface area (Å²) >= 11 is 1.41. The molecule has 1 aromatic rings. The number of amides is 1. The first-order valence-electron chi connectivity index (χ1n) is 7.69. The van der Waals surface area contributed by atoms with Gasteiger partial charge in [0.15, 0.2) is 6.29 Å². The highest BCUT2D eigenvalue weighted by molar-refractivity contribution is 7.98. The molecule has 0 spiro atoms. The van der Waals surface area contributed by atoms with E-state index in [0.717, 1.165) is 0 Å². The van der Waals surface area contributed by atoms with Crippen molar-refractivity contribution in [2.75, 3.05) is 19.5 Å². The fourth-order valence-corrected chi connectivity index (χ4v) is 3.33. The molecule has 1 aliphatic carbocycles. The number of nitrogens with one attached hydrogen (secondary N) is 1. The number of hydrogen-bond acceptors (Lipinski definition) is 6. The summed E-state index contributed by atoms with van der Waals surface area (Å²) in [5, 5.41) is 3.13. The summed E-state index contributed by atoms with van der Waals surface area (Å²) in [6.07, 6.45) is -0.824. The number of aryl methyl sites for hydroxylation is 1. The molecule has 2 fully saturated rings. The zero-order valence-corrected chi connectivity index (χ0v) is 14.3. The summed E-state index contributed by atoms with van der Waals surface area (Å²) < 4.78 is 37.1. The van der Waals surface area contributed by atoms with E-state index in [2.05, 4.69) is 15.3 Å². The van der Waals surface area contributed by atoms with Crippen LogP contribution in [0.25, 0.3) is 0 Å². The van der Waals surface area contributed by atoms with Crippen LogP contribution in [0.2, 0.25) is 0 Å². The van der Waals surface area contributed by atoms with E-state index < -0.39 is 24.2 Å². The molecule has 3 rings (SSSR count). The van der Waals surface area contributed by atoms with Crippen LogP contribution >= 0.6 is 11.8 Å². The van der Waals surface area contributed by atoms with Gasteiger partial charge in [0.25, 0.3) is 6.43 Å². The highest BCUT2D eigenvalue weighted by Gasteiger charge is 2.52. The Balaban J connectivity index is 1.83. The Kier molecular flexibility index (Phi) is 5.03. The Morgan fingerprint density at radius 2 is 2.04 bits per heavy atom. The number of halogens is 2. The second-order valence-corrected chi connectivity index (χ2v) is 6.69. The Bertz CT molecular complexity index is 635. The molecule has 0 unspecified atom stereocenters. The number of carbonyl (C=O) groups excluding carboxylic acids is 1. The van der Waals surface area contributed by atoms with Crippen LogP contribution in [0.3, 0.4) is 0 Å². The molecule has 1 amide bonds. The minimum Gasteiger partial charge on any atom is -0.346 e. The Labute approximate surface area is 142 Å². The molecule has 1 aliphatic heterocycles. The van der Waals surface area contributed by atoms with Crippen molar-refractivity contribution in [2.24, 2.45) is 0 Å². The van der Waals surface area contributed by atoms with Crippen molar-refractivity contribution in [1.82, 2.24) is 15.3 Å². The van der Waals surface area contributed by atoms with Crippen LogP contribution in [0, 0.1) is 6.92 Å². The molecule has 1 aromatic heterocycles. The van der Waals surface area contributed by atoms with E-state index in [1.807, 2.05) is 6.26 Å². The van der Waals surface area contributed by atoms with Crippen LogP contribution in [0.15, 0.2) is 5.03 Å². The van der Waals surface area contributed by atoms with Crippen LogP contribution in [-0.4, -0.2) is 47.3 Å². The number of alkyl halides is 2. The van der Waals surface area contributed by atoms with Crippen LogP contribution < -0.4 is 5.32 Å². The molecule has 0 radical (unpaired) electrons. The monoisotopic (exact) mass is 359 g/mol. The molecular formula is C15H19F2N3O3S. The van der Waals surface area contributed by atoms with Gasteiger partial charge in [-0.25, -0.2) is 18.7 Å². The highest BCUT2D eigenvalue weighted by atomic mass is 32.2. The predicted octanol–water partition coefficient (Wildman–Crippen LogP) is 2.01. The number of thioether (sulfide) groups is 1. The van der Waals surface area contributed by atoms with Crippen LogP contribution in [0.1, 0.15) is 36.2 Å². The molecule has 6 nitrogen and oxygen atoms in total. The van der Waals surface area contributed by atoms with Gasteiger partial charge in [-0.2, -0.15) is 0 Å². The van der Waals surface area contributed by atoms with Gasteiger partial charge in [0.1, 0.15) is 16.4 Å². The lowest BCUT2D eigenvalue weighted by molar-refractivity contribution is -0.123. The predicted molar refractivity (Wildman–Crippen MR) is 83.0 cm³/mol. The number of hydrogen-bond donors (Lipinski definition) is 1. The maximum absolute atomic E-state index is 13.0. The summed E-state index contributed by atoms with van der Waals surface area (Å²) in [6.45, 7) is 2.63. The fourth-order valence-electron chi connectivity index (χ4n) is 2.67. The van der Waals surface area contributed by atoms with Gasteiger partial charge in [0.05, 0.1) is 30.9 Å². The van der Waals surface area contributed by atoms with E-state index in [0.29, 0.717) is 48.2 Å². The largest absolute Gasteiger partial charge is 0.346 e. The number of nitrogens with zero attached hydrogens (tertiary/aromatic N) is 2. The lowest BCUT2D eigenvalue weighted by atomic mass is 10.1. The minimum absolute atomic E-state index is 0.107. The van der Waals surface area contributed by atoms with E-state index >= 15 is 0 Å². The second kappa shape index (κ2) is 6.89. The minimum atomic E-state index is -2.56. The van der Waals surface area contributed by atoms with Gasteiger partial charge < -0.3 is 14.8 Å².